The highest BCUT2D eigenvalue weighted by Gasteiger charge is 2.57. The highest BCUT2D eigenvalue weighted by atomic mass is 32.2. The molecule has 3 heterocycles. The molecule has 2 saturated heterocycles. The molecule has 1 aromatic carbocycles. The number of benzene rings is 1. The van der Waals surface area contributed by atoms with Gasteiger partial charge in [0, 0.05) is 12.2 Å². The van der Waals surface area contributed by atoms with Gasteiger partial charge in [0.2, 0.25) is 5.91 Å². The Labute approximate surface area is 172 Å². The maximum Gasteiger partial charge on any atom is 0.330 e. The average molecular weight is 414 g/mol. The Balaban J connectivity index is 1.39. The van der Waals surface area contributed by atoms with Crippen molar-refractivity contribution in [3.8, 4) is 0 Å². The van der Waals surface area contributed by atoms with E-state index in [1.165, 1.54) is 6.26 Å². The van der Waals surface area contributed by atoms with Crippen molar-refractivity contribution >= 4 is 29.5 Å². The number of fused-ring (bicyclic) bond motifs is 1. The van der Waals surface area contributed by atoms with Gasteiger partial charge in [0.15, 0.2) is 6.61 Å². The van der Waals surface area contributed by atoms with Gasteiger partial charge >= 0.3 is 5.97 Å². The fourth-order valence-corrected chi connectivity index (χ4v) is 5.58. The fraction of sp³-hybridized carbons (Fsp3) is 0.381. The standard InChI is InChI=1S/C21H22N2O5S/c1-14(17-8-5-11-27-17)22-18(24)12-28-20(26)16-13-29-21(10-9-19(25)23(16)21)15-6-3-2-4-7-15/h2-8,11,14,16H,9-10,12-13H2,1H3,(H,22,24)/t14-,16-,21-/m1/s1. The quantitative estimate of drug-likeness (QED) is 0.731. The number of nitrogens with one attached hydrogen (secondary N) is 1. The molecule has 8 heteroatoms. The lowest BCUT2D eigenvalue weighted by atomic mass is 10.0. The van der Waals surface area contributed by atoms with E-state index in [-0.39, 0.29) is 11.9 Å². The summed E-state index contributed by atoms with van der Waals surface area (Å²) in [6.07, 6.45) is 2.58. The third kappa shape index (κ3) is 3.64. The summed E-state index contributed by atoms with van der Waals surface area (Å²) in [7, 11) is 0. The average Bonchev–Trinajstić information content (AvgIpc) is 3.45. The number of carbonyl (C=O) groups excluding carboxylic acids is 3. The predicted octanol–water partition coefficient (Wildman–Crippen LogP) is 2.59. The summed E-state index contributed by atoms with van der Waals surface area (Å²) in [5.74, 6) is 0.0364. The summed E-state index contributed by atoms with van der Waals surface area (Å²) in [5, 5.41) is 2.72. The third-order valence-electron chi connectivity index (χ3n) is 5.32. The van der Waals surface area contributed by atoms with Crippen LogP contribution in [0, 0.1) is 0 Å². The van der Waals surface area contributed by atoms with Gasteiger partial charge in [-0.25, -0.2) is 4.79 Å². The van der Waals surface area contributed by atoms with E-state index >= 15 is 0 Å². The van der Waals surface area contributed by atoms with Gasteiger partial charge in [-0.05, 0) is 31.0 Å². The lowest BCUT2D eigenvalue weighted by Crippen LogP contribution is -2.47. The van der Waals surface area contributed by atoms with Gasteiger partial charge in [-0.2, -0.15) is 0 Å². The maximum atomic E-state index is 12.7. The zero-order chi connectivity index (χ0) is 20.4. The molecule has 7 nitrogen and oxygen atoms in total. The number of amides is 2. The van der Waals surface area contributed by atoms with Crippen molar-refractivity contribution in [1.82, 2.24) is 10.2 Å². The van der Waals surface area contributed by atoms with Gasteiger partial charge in [-0.1, -0.05) is 30.3 Å². The monoisotopic (exact) mass is 414 g/mol. The Morgan fingerprint density at radius 3 is 2.83 bits per heavy atom. The summed E-state index contributed by atoms with van der Waals surface area (Å²) < 4.78 is 10.5. The van der Waals surface area contributed by atoms with E-state index in [0.717, 1.165) is 5.56 Å². The van der Waals surface area contributed by atoms with Crippen molar-refractivity contribution in [3.05, 3.63) is 60.1 Å². The SMILES string of the molecule is C[C@@H](NC(=O)COC(=O)[C@H]1CS[C@@]2(c3ccccc3)CCC(=O)N12)c1ccco1. The molecule has 2 amide bonds. The zero-order valence-corrected chi connectivity index (χ0v) is 16.8. The molecule has 0 saturated carbocycles. The molecule has 3 atom stereocenters. The van der Waals surface area contributed by atoms with E-state index in [0.29, 0.717) is 24.4 Å². The van der Waals surface area contributed by atoms with E-state index < -0.39 is 29.4 Å². The van der Waals surface area contributed by atoms with Crippen molar-refractivity contribution in [1.29, 1.82) is 0 Å². The second-order valence-corrected chi connectivity index (χ2v) is 8.45. The van der Waals surface area contributed by atoms with E-state index in [2.05, 4.69) is 5.32 Å². The van der Waals surface area contributed by atoms with Crippen LogP contribution in [0.25, 0.3) is 0 Å². The number of furan rings is 1. The van der Waals surface area contributed by atoms with Gasteiger partial charge in [0.1, 0.15) is 16.7 Å². The maximum absolute atomic E-state index is 12.7. The van der Waals surface area contributed by atoms with Crippen LogP contribution in [-0.4, -0.2) is 41.1 Å². The van der Waals surface area contributed by atoms with Crippen LogP contribution in [0.4, 0.5) is 0 Å². The van der Waals surface area contributed by atoms with Crippen LogP contribution in [0.2, 0.25) is 0 Å². The summed E-state index contributed by atoms with van der Waals surface area (Å²) >= 11 is 1.59. The first kappa shape index (κ1) is 19.6. The molecule has 0 radical (unpaired) electrons. The first-order valence-electron chi connectivity index (χ1n) is 9.52. The van der Waals surface area contributed by atoms with Crippen molar-refractivity contribution < 1.29 is 23.5 Å². The third-order valence-corrected chi connectivity index (χ3v) is 6.91. The molecule has 152 valence electrons. The molecular formula is C21H22N2O5S. The van der Waals surface area contributed by atoms with Gasteiger partial charge < -0.3 is 19.4 Å². The van der Waals surface area contributed by atoms with Crippen molar-refractivity contribution in [3.63, 3.8) is 0 Å². The molecule has 1 N–H and O–H groups in total. The lowest BCUT2D eigenvalue weighted by molar-refractivity contribution is -0.156. The molecule has 2 aliphatic heterocycles. The first-order valence-corrected chi connectivity index (χ1v) is 10.5. The van der Waals surface area contributed by atoms with Gasteiger partial charge in [-0.15, -0.1) is 11.8 Å². The minimum Gasteiger partial charge on any atom is -0.467 e. The van der Waals surface area contributed by atoms with Crippen molar-refractivity contribution in [2.24, 2.45) is 0 Å². The van der Waals surface area contributed by atoms with Crippen LogP contribution in [0.15, 0.2) is 53.1 Å². The predicted molar refractivity (Wildman–Crippen MR) is 107 cm³/mol. The Morgan fingerprint density at radius 2 is 2.10 bits per heavy atom. The van der Waals surface area contributed by atoms with E-state index in [1.54, 1.807) is 35.7 Å². The first-order chi connectivity index (χ1) is 14.0. The Morgan fingerprint density at radius 1 is 1.31 bits per heavy atom. The van der Waals surface area contributed by atoms with Gasteiger partial charge in [0.05, 0.1) is 12.3 Å². The Kier molecular flexibility index (Phi) is 5.36. The zero-order valence-electron chi connectivity index (χ0n) is 16.0. The van der Waals surface area contributed by atoms with E-state index in [9.17, 15) is 14.4 Å². The topological polar surface area (TPSA) is 88.8 Å². The molecule has 2 aromatic rings. The summed E-state index contributed by atoms with van der Waals surface area (Å²) in [6.45, 7) is 1.38. The molecular weight excluding hydrogens is 392 g/mol. The molecule has 4 rings (SSSR count). The van der Waals surface area contributed by atoms with E-state index in [1.807, 2.05) is 30.3 Å². The normalized spacial score (nSPS) is 24.2. The molecule has 0 bridgehead atoms. The van der Waals surface area contributed by atoms with Crippen LogP contribution >= 0.6 is 11.8 Å². The minimum atomic E-state index is -0.689. The molecule has 29 heavy (non-hydrogen) atoms. The van der Waals surface area contributed by atoms with Crippen molar-refractivity contribution in [2.45, 2.75) is 36.7 Å². The van der Waals surface area contributed by atoms with Crippen LogP contribution < -0.4 is 5.32 Å². The molecule has 0 unspecified atom stereocenters. The highest BCUT2D eigenvalue weighted by Crippen LogP contribution is 2.54. The molecule has 1 aromatic heterocycles. The smallest absolute Gasteiger partial charge is 0.330 e. The number of ether oxygens (including phenoxy) is 1. The molecule has 2 aliphatic rings. The summed E-state index contributed by atoms with van der Waals surface area (Å²) in [5.41, 5.74) is 1.01. The number of thioether (sulfide) groups is 1. The Hall–Kier alpha value is -2.74. The number of carbonyl (C=O) groups is 3. The summed E-state index contributed by atoms with van der Waals surface area (Å²) in [6, 6.07) is 12.2. The van der Waals surface area contributed by atoms with Crippen molar-refractivity contribution in [2.75, 3.05) is 12.4 Å². The van der Waals surface area contributed by atoms with Crippen LogP contribution in [0.1, 0.15) is 37.1 Å². The fourth-order valence-electron chi connectivity index (χ4n) is 3.94. The second-order valence-electron chi connectivity index (χ2n) is 7.15. The Bertz CT molecular complexity index is 901. The van der Waals surface area contributed by atoms with E-state index in [4.69, 9.17) is 9.15 Å². The second kappa shape index (κ2) is 7.94. The summed E-state index contributed by atoms with van der Waals surface area (Å²) in [4.78, 5) is 38.5. The van der Waals surface area contributed by atoms with Crippen LogP contribution in [0.3, 0.4) is 0 Å². The molecule has 0 spiro atoms. The number of hydrogen-bond donors (Lipinski definition) is 1. The minimum absolute atomic E-state index is 0.0586. The molecule has 0 aliphatic carbocycles. The largest absolute Gasteiger partial charge is 0.467 e. The number of hydrogen-bond acceptors (Lipinski definition) is 6. The molecule has 2 fully saturated rings. The highest BCUT2D eigenvalue weighted by molar-refractivity contribution is 8.00. The number of esters is 1. The number of rotatable bonds is 6. The van der Waals surface area contributed by atoms with Gasteiger partial charge in [0.25, 0.3) is 5.91 Å². The number of nitrogens with zero attached hydrogens (tertiary/aromatic N) is 1. The van der Waals surface area contributed by atoms with Gasteiger partial charge in [-0.3, -0.25) is 9.59 Å². The van der Waals surface area contributed by atoms with Crippen LogP contribution in [-0.2, 0) is 24.0 Å². The lowest BCUT2D eigenvalue weighted by Gasteiger charge is -2.33. The van der Waals surface area contributed by atoms with Crippen LogP contribution in [0.5, 0.6) is 0 Å².